The maximum atomic E-state index is 9.72. The van der Waals surface area contributed by atoms with Gasteiger partial charge in [-0.05, 0) is 31.2 Å². The van der Waals surface area contributed by atoms with E-state index in [1.165, 1.54) is 16.9 Å². The Balaban J connectivity index is 1.85. The van der Waals surface area contributed by atoms with Gasteiger partial charge in [0.2, 0.25) is 5.95 Å². The van der Waals surface area contributed by atoms with Gasteiger partial charge in [-0.25, -0.2) is 9.97 Å². The molecule has 110 valence electrons. The van der Waals surface area contributed by atoms with Gasteiger partial charge in [-0.1, -0.05) is 6.92 Å². The molecule has 3 heterocycles. The lowest BCUT2D eigenvalue weighted by Gasteiger charge is -2.11. The van der Waals surface area contributed by atoms with E-state index in [1.807, 2.05) is 6.92 Å². The number of hydrogen-bond donors (Lipinski definition) is 2. The molecular weight excluding hydrogens is 286 g/mol. The minimum absolute atomic E-state index is 0.380. The summed E-state index contributed by atoms with van der Waals surface area (Å²) >= 11 is 1.76. The van der Waals surface area contributed by atoms with Gasteiger partial charge in [0.15, 0.2) is 5.65 Å². The van der Waals surface area contributed by atoms with Crippen LogP contribution in [0.3, 0.4) is 0 Å². The first-order valence-electron chi connectivity index (χ1n) is 7.34. The van der Waals surface area contributed by atoms with Crippen molar-refractivity contribution in [3.8, 4) is 0 Å². The third-order valence-electron chi connectivity index (χ3n) is 4.05. The Kier molecular flexibility index (Phi) is 3.04. The summed E-state index contributed by atoms with van der Waals surface area (Å²) in [7, 11) is 0. The Morgan fingerprint density at radius 3 is 3.24 bits per heavy atom. The molecule has 0 fully saturated rings. The normalized spacial score (nSPS) is 15.7. The number of aliphatic hydroxyl groups is 1. The third kappa shape index (κ3) is 1.99. The van der Waals surface area contributed by atoms with E-state index < -0.39 is 0 Å². The van der Waals surface area contributed by atoms with Crippen molar-refractivity contribution in [3.63, 3.8) is 0 Å². The van der Waals surface area contributed by atoms with Crippen molar-refractivity contribution in [3.05, 3.63) is 16.8 Å². The zero-order valence-electron chi connectivity index (χ0n) is 11.8. The molecule has 0 radical (unpaired) electrons. The van der Waals surface area contributed by atoms with Crippen molar-refractivity contribution in [2.24, 2.45) is 0 Å². The van der Waals surface area contributed by atoms with Gasteiger partial charge in [0, 0.05) is 11.4 Å². The zero-order chi connectivity index (χ0) is 14.4. The lowest BCUT2D eigenvalue weighted by atomic mass is 10.2. The number of aliphatic hydroxyl groups excluding tert-OH is 1. The van der Waals surface area contributed by atoms with Gasteiger partial charge in [-0.2, -0.15) is 9.61 Å². The Morgan fingerprint density at radius 2 is 2.38 bits per heavy atom. The van der Waals surface area contributed by atoms with Gasteiger partial charge < -0.3 is 10.4 Å². The molecule has 0 aromatic carbocycles. The first kappa shape index (κ1) is 13.0. The Labute approximate surface area is 125 Å². The van der Waals surface area contributed by atoms with Crippen LogP contribution in [-0.2, 0) is 12.8 Å². The van der Waals surface area contributed by atoms with Crippen LogP contribution in [-0.4, -0.2) is 37.3 Å². The number of aromatic nitrogens is 4. The van der Waals surface area contributed by atoms with Crippen LogP contribution in [0.5, 0.6) is 0 Å². The van der Waals surface area contributed by atoms with Gasteiger partial charge >= 0.3 is 0 Å². The molecule has 2 N–H and O–H groups in total. The van der Waals surface area contributed by atoms with E-state index in [2.05, 4.69) is 15.4 Å². The molecule has 7 heteroatoms. The maximum absolute atomic E-state index is 9.72. The second-order valence-corrected chi connectivity index (χ2v) is 6.49. The van der Waals surface area contributed by atoms with E-state index in [0.29, 0.717) is 18.9 Å². The number of aryl methyl sites for hydroxylation is 2. The van der Waals surface area contributed by atoms with Crippen molar-refractivity contribution in [2.75, 3.05) is 11.9 Å². The second kappa shape index (κ2) is 4.92. The molecule has 6 nitrogen and oxygen atoms in total. The quantitative estimate of drug-likeness (QED) is 0.771. The van der Waals surface area contributed by atoms with Gasteiger partial charge in [0.1, 0.15) is 11.2 Å². The number of fused-ring (bicyclic) bond motifs is 5. The molecule has 4 rings (SSSR count). The Morgan fingerprint density at radius 1 is 1.48 bits per heavy atom. The van der Waals surface area contributed by atoms with E-state index in [-0.39, 0.29) is 6.10 Å². The SMILES string of the molecule is CCC(O)CNc1nc2sc3c(c2c2ncnn12)CCC3. The van der Waals surface area contributed by atoms with Crippen LogP contribution in [0.4, 0.5) is 5.95 Å². The first-order valence-corrected chi connectivity index (χ1v) is 8.15. The molecule has 0 amide bonds. The fourth-order valence-electron chi connectivity index (χ4n) is 2.88. The highest BCUT2D eigenvalue weighted by Crippen LogP contribution is 2.38. The summed E-state index contributed by atoms with van der Waals surface area (Å²) in [5.41, 5.74) is 2.27. The smallest absolute Gasteiger partial charge is 0.227 e. The summed E-state index contributed by atoms with van der Waals surface area (Å²) < 4.78 is 1.75. The topological polar surface area (TPSA) is 75.3 Å². The minimum atomic E-state index is -0.380. The molecule has 3 aromatic heterocycles. The Hall–Kier alpha value is -1.73. The van der Waals surface area contributed by atoms with Crippen molar-refractivity contribution < 1.29 is 5.11 Å². The number of rotatable bonds is 4. The van der Waals surface area contributed by atoms with E-state index in [4.69, 9.17) is 4.98 Å². The number of nitrogens with one attached hydrogen (secondary N) is 1. The lowest BCUT2D eigenvalue weighted by Crippen LogP contribution is -2.20. The van der Waals surface area contributed by atoms with Crippen LogP contribution >= 0.6 is 11.3 Å². The maximum Gasteiger partial charge on any atom is 0.227 e. The average molecular weight is 303 g/mol. The van der Waals surface area contributed by atoms with Gasteiger partial charge in [-0.15, -0.1) is 11.3 Å². The second-order valence-electron chi connectivity index (χ2n) is 5.41. The summed E-state index contributed by atoms with van der Waals surface area (Å²) in [4.78, 5) is 11.6. The summed E-state index contributed by atoms with van der Waals surface area (Å²) in [6.07, 6.45) is 5.38. The molecule has 21 heavy (non-hydrogen) atoms. The highest BCUT2D eigenvalue weighted by Gasteiger charge is 2.22. The van der Waals surface area contributed by atoms with Crippen LogP contribution in [0.2, 0.25) is 0 Å². The van der Waals surface area contributed by atoms with Crippen LogP contribution in [0, 0.1) is 0 Å². The molecule has 1 aliphatic rings. The lowest BCUT2D eigenvalue weighted by molar-refractivity contribution is 0.183. The highest BCUT2D eigenvalue weighted by atomic mass is 32.1. The number of anilines is 1. The van der Waals surface area contributed by atoms with Gasteiger partial charge in [-0.3, -0.25) is 0 Å². The molecule has 0 saturated heterocycles. The zero-order valence-corrected chi connectivity index (χ0v) is 12.7. The third-order valence-corrected chi connectivity index (χ3v) is 5.23. The summed E-state index contributed by atoms with van der Waals surface area (Å²) in [5.74, 6) is 0.655. The van der Waals surface area contributed by atoms with Crippen LogP contribution in [0.15, 0.2) is 6.33 Å². The molecule has 1 aliphatic carbocycles. The summed E-state index contributed by atoms with van der Waals surface area (Å²) in [5, 5.41) is 18.3. The average Bonchev–Trinajstić information content (AvgIpc) is 3.17. The van der Waals surface area contributed by atoms with Crippen molar-refractivity contribution in [2.45, 2.75) is 38.7 Å². The fraction of sp³-hybridized carbons (Fsp3) is 0.500. The molecule has 0 saturated carbocycles. The standard InChI is InChI=1S/C14H17N5OS/c1-2-8(20)6-15-14-18-13-11(12-16-7-17-19(12)14)9-4-3-5-10(9)21-13/h7-8,20H,2-6H2,1H3,(H,15,18). The van der Waals surface area contributed by atoms with E-state index >= 15 is 0 Å². The minimum Gasteiger partial charge on any atom is -0.391 e. The fourth-order valence-corrected chi connectivity index (χ4v) is 4.13. The van der Waals surface area contributed by atoms with Crippen molar-refractivity contribution >= 4 is 33.1 Å². The van der Waals surface area contributed by atoms with Crippen molar-refractivity contribution in [1.82, 2.24) is 19.6 Å². The van der Waals surface area contributed by atoms with Crippen LogP contribution < -0.4 is 5.32 Å². The van der Waals surface area contributed by atoms with Crippen LogP contribution in [0.25, 0.3) is 15.9 Å². The predicted molar refractivity (Wildman–Crippen MR) is 83.0 cm³/mol. The molecular formula is C14H17N5OS. The van der Waals surface area contributed by atoms with E-state index in [9.17, 15) is 5.11 Å². The summed E-state index contributed by atoms with van der Waals surface area (Å²) in [6.45, 7) is 2.42. The highest BCUT2D eigenvalue weighted by molar-refractivity contribution is 7.19. The van der Waals surface area contributed by atoms with Crippen LogP contribution in [0.1, 0.15) is 30.2 Å². The summed E-state index contributed by atoms with van der Waals surface area (Å²) in [6, 6.07) is 0. The van der Waals surface area contributed by atoms with E-state index in [0.717, 1.165) is 28.7 Å². The van der Waals surface area contributed by atoms with Gasteiger partial charge in [0.25, 0.3) is 0 Å². The molecule has 3 aromatic rings. The molecule has 1 atom stereocenters. The predicted octanol–water partition coefficient (Wildman–Crippen LogP) is 2.01. The molecule has 1 unspecified atom stereocenters. The Bertz CT molecular complexity index is 809. The number of hydrogen-bond acceptors (Lipinski definition) is 6. The largest absolute Gasteiger partial charge is 0.391 e. The number of thiophene rings is 1. The van der Waals surface area contributed by atoms with Crippen molar-refractivity contribution in [1.29, 1.82) is 0 Å². The monoisotopic (exact) mass is 303 g/mol. The van der Waals surface area contributed by atoms with Gasteiger partial charge in [0.05, 0.1) is 11.5 Å². The first-order chi connectivity index (χ1) is 10.3. The number of nitrogens with zero attached hydrogens (tertiary/aromatic N) is 4. The molecule has 0 spiro atoms. The van der Waals surface area contributed by atoms with E-state index in [1.54, 1.807) is 22.2 Å². The molecule has 0 bridgehead atoms. The molecule has 0 aliphatic heterocycles.